The van der Waals surface area contributed by atoms with Crippen molar-refractivity contribution in [3.05, 3.63) is 48.0 Å². The quantitative estimate of drug-likeness (QED) is 0.852. The number of aryl methyl sites for hydroxylation is 1. The first-order valence-corrected chi connectivity index (χ1v) is 9.25. The molecule has 27 heavy (non-hydrogen) atoms. The Morgan fingerprint density at radius 2 is 2.19 bits per heavy atom. The molecule has 1 saturated heterocycles. The molecular formula is C20H27ClN4O2. The van der Waals surface area contributed by atoms with Crippen molar-refractivity contribution in [1.29, 1.82) is 0 Å². The van der Waals surface area contributed by atoms with Crippen LogP contribution < -0.4 is 10.1 Å². The number of aromatic nitrogens is 2. The van der Waals surface area contributed by atoms with E-state index in [1.807, 2.05) is 47.0 Å². The van der Waals surface area contributed by atoms with E-state index in [0.29, 0.717) is 23.9 Å². The van der Waals surface area contributed by atoms with Crippen LogP contribution in [0, 0.1) is 5.41 Å². The van der Waals surface area contributed by atoms with Crippen molar-refractivity contribution in [3.63, 3.8) is 0 Å². The van der Waals surface area contributed by atoms with E-state index in [1.165, 1.54) is 0 Å². The lowest BCUT2D eigenvalue weighted by molar-refractivity contribution is 0.0685. The number of piperidine rings is 1. The first-order valence-electron chi connectivity index (χ1n) is 9.25. The number of carbonyl (C=O) groups is 1. The number of rotatable bonds is 5. The molecule has 1 N–H and O–H groups in total. The third-order valence-electron chi connectivity index (χ3n) is 5.93. The van der Waals surface area contributed by atoms with E-state index in [9.17, 15) is 4.79 Å². The topological polar surface area (TPSA) is 59.4 Å². The predicted octanol–water partition coefficient (Wildman–Crippen LogP) is 2.64. The lowest BCUT2D eigenvalue weighted by atomic mass is 9.93. The van der Waals surface area contributed by atoms with Crippen molar-refractivity contribution in [2.24, 2.45) is 12.5 Å². The van der Waals surface area contributed by atoms with Crippen LogP contribution in [-0.4, -0.2) is 46.6 Å². The van der Waals surface area contributed by atoms with Crippen LogP contribution in [0.3, 0.4) is 0 Å². The Labute approximate surface area is 166 Å². The molecule has 1 unspecified atom stereocenters. The van der Waals surface area contributed by atoms with Gasteiger partial charge in [0, 0.05) is 31.0 Å². The summed E-state index contributed by atoms with van der Waals surface area (Å²) in [5, 5.41) is 3.43. The van der Waals surface area contributed by atoms with Gasteiger partial charge in [-0.05, 0) is 56.0 Å². The van der Waals surface area contributed by atoms with Gasteiger partial charge >= 0.3 is 0 Å². The molecule has 1 aromatic heterocycles. The molecule has 2 heterocycles. The lowest BCUT2D eigenvalue weighted by Crippen LogP contribution is -2.39. The maximum Gasteiger partial charge on any atom is 0.254 e. The van der Waals surface area contributed by atoms with Crippen molar-refractivity contribution in [3.8, 4) is 5.75 Å². The van der Waals surface area contributed by atoms with Crippen molar-refractivity contribution in [2.75, 3.05) is 20.2 Å². The van der Waals surface area contributed by atoms with Crippen molar-refractivity contribution in [2.45, 2.75) is 31.8 Å². The Kier molecular flexibility index (Phi) is 5.77. The summed E-state index contributed by atoms with van der Waals surface area (Å²) in [5.74, 6) is 1.68. The number of hydrogen-bond acceptors (Lipinski definition) is 4. The van der Waals surface area contributed by atoms with E-state index in [1.54, 1.807) is 13.3 Å². The molecule has 1 spiro atoms. The number of ether oxygens (including phenoxy) is 1. The Bertz CT molecular complexity index is 801. The van der Waals surface area contributed by atoms with E-state index in [0.717, 1.165) is 38.2 Å². The molecule has 4 rings (SSSR count). The average molecular weight is 391 g/mol. The van der Waals surface area contributed by atoms with Gasteiger partial charge in [0.1, 0.15) is 11.6 Å². The van der Waals surface area contributed by atoms with Crippen LogP contribution in [0.5, 0.6) is 5.75 Å². The predicted molar refractivity (Wildman–Crippen MR) is 106 cm³/mol. The molecule has 1 saturated carbocycles. The zero-order valence-electron chi connectivity index (χ0n) is 15.9. The van der Waals surface area contributed by atoms with Crippen LogP contribution >= 0.6 is 12.4 Å². The highest BCUT2D eigenvalue weighted by Gasteiger charge is 2.57. The fourth-order valence-electron chi connectivity index (χ4n) is 4.18. The standard InChI is InChI=1S/C20H26N4O2.ClH/c1-23-11-10-22-18(23)14-24(17-13-20(17)6-8-21-9-7-20)19(25)15-4-3-5-16(12-15)26-2;/h3-5,10-12,17,21H,6-9,13-14H2,1-2H3;1H. The van der Waals surface area contributed by atoms with E-state index in [2.05, 4.69) is 10.3 Å². The maximum absolute atomic E-state index is 13.4. The number of nitrogens with zero attached hydrogens (tertiary/aromatic N) is 3. The van der Waals surface area contributed by atoms with E-state index in [4.69, 9.17) is 4.74 Å². The van der Waals surface area contributed by atoms with Crippen molar-refractivity contribution in [1.82, 2.24) is 19.8 Å². The molecule has 0 bridgehead atoms. The lowest BCUT2D eigenvalue weighted by Gasteiger charge is -2.29. The Morgan fingerprint density at radius 3 is 2.85 bits per heavy atom. The first-order chi connectivity index (χ1) is 12.6. The second kappa shape index (κ2) is 7.90. The highest BCUT2D eigenvalue weighted by Crippen LogP contribution is 2.56. The molecule has 146 valence electrons. The van der Waals surface area contributed by atoms with Gasteiger partial charge in [-0.1, -0.05) is 6.07 Å². The molecule has 1 amide bonds. The summed E-state index contributed by atoms with van der Waals surface area (Å²) in [6, 6.07) is 7.72. The first kappa shape index (κ1) is 19.7. The van der Waals surface area contributed by atoms with Gasteiger partial charge < -0.3 is 19.5 Å². The molecule has 1 atom stereocenters. The Hall–Kier alpha value is -2.05. The van der Waals surface area contributed by atoms with E-state index >= 15 is 0 Å². The van der Waals surface area contributed by atoms with Crippen LogP contribution in [0.1, 0.15) is 35.4 Å². The minimum Gasteiger partial charge on any atom is -0.497 e. The molecule has 1 aromatic carbocycles. The minimum absolute atomic E-state index is 0. The summed E-state index contributed by atoms with van der Waals surface area (Å²) < 4.78 is 7.29. The Morgan fingerprint density at radius 1 is 1.41 bits per heavy atom. The number of halogens is 1. The van der Waals surface area contributed by atoms with Gasteiger partial charge in [0.25, 0.3) is 5.91 Å². The van der Waals surface area contributed by atoms with Crippen LogP contribution in [0.15, 0.2) is 36.7 Å². The summed E-state index contributed by atoms with van der Waals surface area (Å²) in [7, 11) is 3.60. The molecular weight excluding hydrogens is 364 g/mol. The Balaban J connectivity index is 0.00000210. The zero-order valence-corrected chi connectivity index (χ0v) is 16.7. The van der Waals surface area contributed by atoms with Gasteiger partial charge in [-0.3, -0.25) is 4.79 Å². The number of nitrogens with one attached hydrogen (secondary N) is 1. The van der Waals surface area contributed by atoms with Crippen LogP contribution in [0.2, 0.25) is 0 Å². The average Bonchev–Trinajstić information content (AvgIpc) is 3.19. The molecule has 1 aliphatic carbocycles. The van der Waals surface area contributed by atoms with Crippen molar-refractivity contribution >= 4 is 18.3 Å². The van der Waals surface area contributed by atoms with Gasteiger partial charge in [0.05, 0.1) is 13.7 Å². The maximum atomic E-state index is 13.4. The normalized spacial score (nSPS) is 20.0. The summed E-state index contributed by atoms with van der Waals surface area (Å²) in [5.41, 5.74) is 0.958. The second-order valence-electron chi connectivity index (χ2n) is 7.45. The zero-order chi connectivity index (χ0) is 18.1. The van der Waals surface area contributed by atoms with Crippen LogP contribution in [0.4, 0.5) is 0 Å². The largest absolute Gasteiger partial charge is 0.497 e. The smallest absolute Gasteiger partial charge is 0.254 e. The van der Waals surface area contributed by atoms with Gasteiger partial charge in [0.2, 0.25) is 0 Å². The fourth-order valence-corrected chi connectivity index (χ4v) is 4.18. The van der Waals surface area contributed by atoms with Crippen LogP contribution in [0.25, 0.3) is 0 Å². The molecule has 1 aliphatic heterocycles. The molecule has 2 aliphatic rings. The van der Waals surface area contributed by atoms with Crippen LogP contribution in [-0.2, 0) is 13.6 Å². The molecule has 2 aromatic rings. The number of imidazole rings is 1. The third kappa shape index (κ3) is 3.82. The summed E-state index contributed by atoms with van der Waals surface area (Å²) in [4.78, 5) is 19.8. The number of benzene rings is 1. The van der Waals surface area contributed by atoms with Gasteiger partial charge in [-0.2, -0.15) is 0 Å². The van der Waals surface area contributed by atoms with E-state index in [-0.39, 0.29) is 23.7 Å². The summed E-state index contributed by atoms with van der Waals surface area (Å²) in [6.45, 7) is 2.62. The number of methoxy groups -OCH3 is 1. The summed E-state index contributed by atoms with van der Waals surface area (Å²) >= 11 is 0. The second-order valence-corrected chi connectivity index (χ2v) is 7.45. The number of carbonyl (C=O) groups excluding carboxylic acids is 1. The molecule has 7 heteroatoms. The summed E-state index contributed by atoms with van der Waals surface area (Å²) in [6.07, 6.45) is 7.09. The molecule has 6 nitrogen and oxygen atoms in total. The molecule has 0 radical (unpaired) electrons. The number of amides is 1. The monoisotopic (exact) mass is 390 g/mol. The minimum atomic E-state index is 0. The third-order valence-corrected chi connectivity index (χ3v) is 5.93. The molecule has 2 fully saturated rings. The number of hydrogen-bond donors (Lipinski definition) is 1. The highest BCUT2D eigenvalue weighted by molar-refractivity contribution is 5.95. The van der Waals surface area contributed by atoms with Gasteiger partial charge in [0.15, 0.2) is 0 Å². The SMILES string of the molecule is COc1cccc(C(=O)N(Cc2nccn2C)C2CC23CCNCC3)c1.Cl. The van der Waals surface area contributed by atoms with E-state index < -0.39 is 0 Å². The highest BCUT2D eigenvalue weighted by atomic mass is 35.5. The fraction of sp³-hybridized carbons (Fsp3) is 0.500. The van der Waals surface area contributed by atoms with Crippen molar-refractivity contribution < 1.29 is 9.53 Å². The van der Waals surface area contributed by atoms with Gasteiger partial charge in [-0.25, -0.2) is 4.98 Å². The van der Waals surface area contributed by atoms with Gasteiger partial charge in [-0.15, -0.1) is 12.4 Å².